The summed E-state index contributed by atoms with van der Waals surface area (Å²) in [4.78, 5) is 12.7. The average Bonchev–Trinajstić information content (AvgIpc) is 3.54. The van der Waals surface area contributed by atoms with Crippen LogP contribution in [0.1, 0.15) is 35.8 Å². The number of hydrogen-bond donors (Lipinski definition) is 0. The Morgan fingerprint density at radius 3 is 1.86 bits per heavy atom. The third-order valence-electron chi connectivity index (χ3n) is 7.85. The number of aromatic nitrogens is 4. The molecular formula is C34H48N4O2S2Si2. The molecule has 1 atom stereocenters. The molecule has 5 rings (SSSR count). The van der Waals surface area contributed by atoms with Crippen LogP contribution in [0.2, 0.25) is 51.4 Å². The Bertz CT molecular complexity index is 1480. The zero-order valence-electron chi connectivity index (χ0n) is 27.2. The molecule has 0 bridgehead atoms. The first kappa shape index (κ1) is 33.3. The summed E-state index contributed by atoms with van der Waals surface area (Å²) in [7, 11) is -2.36. The molecule has 2 aromatic heterocycles. The zero-order valence-corrected chi connectivity index (χ0v) is 30.8. The molecule has 1 aliphatic rings. The Labute approximate surface area is 274 Å². The van der Waals surface area contributed by atoms with Gasteiger partial charge in [0.05, 0.1) is 11.9 Å². The predicted octanol–water partition coefficient (Wildman–Crippen LogP) is 9.47. The van der Waals surface area contributed by atoms with Crippen LogP contribution in [0.25, 0.3) is 0 Å². The zero-order chi connectivity index (χ0) is 31.2. The lowest BCUT2D eigenvalue weighted by atomic mass is 9.87. The second-order valence-electron chi connectivity index (χ2n) is 14.0. The van der Waals surface area contributed by atoms with Crippen molar-refractivity contribution in [1.82, 2.24) is 19.1 Å². The lowest BCUT2D eigenvalue weighted by Crippen LogP contribution is -2.23. The summed E-state index contributed by atoms with van der Waals surface area (Å²) >= 11 is 3.44. The van der Waals surface area contributed by atoms with E-state index in [1.807, 2.05) is 0 Å². The van der Waals surface area contributed by atoms with Crippen LogP contribution >= 0.6 is 23.5 Å². The van der Waals surface area contributed by atoms with E-state index in [1.165, 1.54) is 26.9 Å². The van der Waals surface area contributed by atoms with Crippen LogP contribution in [0.15, 0.2) is 87.0 Å². The maximum atomic E-state index is 6.35. The van der Waals surface area contributed by atoms with E-state index in [1.54, 1.807) is 23.5 Å². The maximum absolute atomic E-state index is 6.35. The Kier molecular flexibility index (Phi) is 11.3. The smallest absolute Gasteiger partial charge is 0.175 e. The summed E-state index contributed by atoms with van der Waals surface area (Å²) in [5, 5.41) is 1.98. The maximum Gasteiger partial charge on any atom is 0.175 e. The van der Waals surface area contributed by atoms with E-state index >= 15 is 0 Å². The fourth-order valence-corrected chi connectivity index (χ4v) is 8.56. The van der Waals surface area contributed by atoms with Gasteiger partial charge in [-0.15, -0.1) is 0 Å². The van der Waals surface area contributed by atoms with Crippen molar-refractivity contribution in [3.63, 3.8) is 0 Å². The highest BCUT2D eigenvalue weighted by atomic mass is 32.2. The van der Waals surface area contributed by atoms with Gasteiger partial charge in [0.15, 0.2) is 10.3 Å². The van der Waals surface area contributed by atoms with Crippen molar-refractivity contribution in [3.05, 3.63) is 83.9 Å². The number of fused-ring (bicyclic) bond motifs is 1. The Balaban J connectivity index is 1.46. The van der Waals surface area contributed by atoms with Crippen LogP contribution in [0.5, 0.6) is 0 Å². The first-order valence-corrected chi connectivity index (χ1v) is 24.9. The fourth-order valence-electron chi connectivity index (χ4n) is 5.25. The molecule has 10 heteroatoms. The van der Waals surface area contributed by atoms with Gasteiger partial charge in [-0.05, 0) is 55.6 Å². The summed E-state index contributed by atoms with van der Waals surface area (Å²) < 4.78 is 17.3. The summed E-state index contributed by atoms with van der Waals surface area (Å²) in [6.45, 7) is 17.0. The van der Waals surface area contributed by atoms with Gasteiger partial charge in [0, 0.05) is 56.5 Å². The third-order valence-corrected chi connectivity index (χ3v) is 13.3. The first-order valence-electron chi connectivity index (χ1n) is 15.8. The molecule has 0 N–H and O–H groups in total. The highest BCUT2D eigenvalue weighted by Crippen LogP contribution is 2.41. The number of hydrogen-bond acceptors (Lipinski definition) is 6. The number of benzene rings is 2. The third kappa shape index (κ3) is 9.23. The van der Waals surface area contributed by atoms with Crippen LogP contribution in [0.3, 0.4) is 0 Å². The van der Waals surface area contributed by atoms with Gasteiger partial charge >= 0.3 is 0 Å². The molecule has 2 aromatic carbocycles. The average molecular weight is 665 g/mol. The van der Waals surface area contributed by atoms with Gasteiger partial charge in [-0.25, -0.2) is 9.97 Å². The van der Waals surface area contributed by atoms with E-state index in [2.05, 4.69) is 115 Å². The fraction of sp³-hybridized carbons (Fsp3) is 0.471. The normalized spacial score (nSPS) is 15.5. The topological polar surface area (TPSA) is 54.1 Å². The number of ether oxygens (including phenoxy) is 2. The molecule has 4 aromatic rings. The number of nitrogens with zero attached hydrogens (tertiary/aromatic N) is 4. The minimum absolute atomic E-state index is 0.162. The monoisotopic (exact) mass is 664 g/mol. The van der Waals surface area contributed by atoms with Crippen molar-refractivity contribution in [2.24, 2.45) is 0 Å². The van der Waals surface area contributed by atoms with Crippen LogP contribution in [-0.2, 0) is 29.4 Å². The van der Waals surface area contributed by atoms with Crippen molar-refractivity contribution in [1.29, 1.82) is 0 Å². The van der Waals surface area contributed by atoms with E-state index in [4.69, 9.17) is 19.4 Å². The molecule has 2 heterocycles. The second kappa shape index (κ2) is 15.0. The van der Waals surface area contributed by atoms with Crippen molar-refractivity contribution >= 4 is 39.7 Å². The highest BCUT2D eigenvalue weighted by Gasteiger charge is 2.32. The molecule has 0 unspecified atom stereocenters. The highest BCUT2D eigenvalue weighted by molar-refractivity contribution is 7.99. The number of imidazole rings is 2. The molecule has 236 valence electrons. The molecule has 0 radical (unpaired) electrons. The van der Waals surface area contributed by atoms with E-state index in [-0.39, 0.29) is 5.92 Å². The first-order chi connectivity index (χ1) is 21.1. The Hall–Kier alpha value is -2.09. The van der Waals surface area contributed by atoms with Crippen LogP contribution < -0.4 is 0 Å². The molecule has 0 spiro atoms. The standard InChI is InChI=1S/C34H48N4O2S2Si2/c1-43(2,3)22-20-39-25-37-30-19-13-18-29(32(30)36-34(37)42-28-16-11-8-12-17-28)31-24-35-33(41-27-14-9-7-10-15-27)38(31)26-40-21-23-44(4,5)6/h7-12,14-17,24,29H,13,18-23,25-26H2,1-6H3/t29-/m1/s1. The van der Waals surface area contributed by atoms with E-state index < -0.39 is 16.1 Å². The van der Waals surface area contributed by atoms with E-state index in [0.717, 1.165) is 54.9 Å². The molecule has 0 saturated heterocycles. The van der Waals surface area contributed by atoms with Gasteiger partial charge in [0.2, 0.25) is 0 Å². The van der Waals surface area contributed by atoms with Crippen molar-refractivity contribution in [2.75, 3.05) is 13.2 Å². The van der Waals surface area contributed by atoms with E-state index in [0.29, 0.717) is 13.5 Å². The molecule has 0 amide bonds. The van der Waals surface area contributed by atoms with Gasteiger partial charge in [0.1, 0.15) is 13.5 Å². The molecule has 44 heavy (non-hydrogen) atoms. The van der Waals surface area contributed by atoms with E-state index in [9.17, 15) is 0 Å². The van der Waals surface area contributed by atoms with Gasteiger partial charge in [0.25, 0.3) is 0 Å². The predicted molar refractivity (Wildman–Crippen MR) is 189 cm³/mol. The van der Waals surface area contributed by atoms with Gasteiger partial charge < -0.3 is 9.47 Å². The molecule has 1 aliphatic carbocycles. The minimum atomic E-state index is -1.19. The molecular weight excluding hydrogens is 617 g/mol. The SMILES string of the molecule is C[Si](C)(C)CCOCn1c([C@H]2CCCc3c2nc(Sc2ccccc2)n3COCC[Si](C)(C)C)cnc1Sc1ccccc1. The van der Waals surface area contributed by atoms with Crippen molar-refractivity contribution in [2.45, 2.75) is 110 Å². The molecule has 6 nitrogen and oxygen atoms in total. The molecule has 0 aliphatic heterocycles. The molecule has 0 saturated carbocycles. The van der Waals surface area contributed by atoms with Crippen LogP contribution in [0.4, 0.5) is 0 Å². The summed E-state index contributed by atoms with van der Waals surface area (Å²) in [6.07, 6.45) is 5.24. The second-order valence-corrected chi connectivity index (χ2v) is 27.3. The minimum Gasteiger partial charge on any atom is -0.361 e. The van der Waals surface area contributed by atoms with Crippen LogP contribution in [-0.4, -0.2) is 48.5 Å². The Morgan fingerprint density at radius 1 is 0.750 bits per heavy atom. The lowest BCUT2D eigenvalue weighted by molar-refractivity contribution is 0.0778. The quantitative estimate of drug-likeness (QED) is 0.0932. The number of rotatable bonds is 15. The summed E-state index contributed by atoms with van der Waals surface area (Å²) in [5.41, 5.74) is 3.67. The molecule has 0 fully saturated rings. The summed E-state index contributed by atoms with van der Waals surface area (Å²) in [5.74, 6) is 0.162. The van der Waals surface area contributed by atoms with Gasteiger partial charge in [-0.3, -0.25) is 9.13 Å². The van der Waals surface area contributed by atoms with Crippen molar-refractivity contribution in [3.8, 4) is 0 Å². The lowest BCUT2D eigenvalue weighted by Gasteiger charge is -2.25. The van der Waals surface area contributed by atoms with Crippen LogP contribution in [0, 0.1) is 0 Å². The van der Waals surface area contributed by atoms with Crippen molar-refractivity contribution < 1.29 is 9.47 Å². The Morgan fingerprint density at radius 2 is 1.30 bits per heavy atom. The summed E-state index contributed by atoms with van der Waals surface area (Å²) in [6, 6.07) is 23.4. The largest absolute Gasteiger partial charge is 0.361 e. The van der Waals surface area contributed by atoms with Gasteiger partial charge in [-0.2, -0.15) is 0 Å². The van der Waals surface area contributed by atoms with Gasteiger partial charge in [-0.1, -0.05) is 99.2 Å².